The highest BCUT2D eigenvalue weighted by Crippen LogP contribution is 2.23. The molecule has 1 aromatic carbocycles. The van der Waals surface area contributed by atoms with Crippen molar-refractivity contribution in [3.05, 3.63) is 29.1 Å². The second-order valence-electron chi connectivity index (χ2n) is 3.71. The lowest BCUT2D eigenvalue weighted by atomic mass is 10.1. The van der Waals surface area contributed by atoms with Crippen LogP contribution in [-0.2, 0) is 4.79 Å². The number of benzene rings is 1. The lowest BCUT2D eigenvalue weighted by molar-refractivity contribution is -0.116. The SMILES string of the molecule is C#Cc1cc(C=NN=C2NC(=O)CS2)cc(F)c1OC. The van der Waals surface area contributed by atoms with E-state index < -0.39 is 5.82 Å². The van der Waals surface area contributed by atoms with Crippen molar-refractivity contribution in [2.24, 2.45) is 10.2 Å². The smallest absolute Gasteiger partial charge is 0.236 e. The van der Waals surface area contributed by atoms with Crippen LogP contribution >= 0.6 is 11.8 Å². The number of methoxy groups -OCH3 is 1. The van der Waals surface area contributed by atoms with Gasteiger partial charge in [0, 0.05) is 0 Å². The number of hydrogen-bond donors (Lipinski definition) is 1. The summed E-state index contributed by atoms with van der Waals surface area (Å²) in [5.41, 5.74) is 0.750. The van der Waals surface area contributed by atoms with Gasteiger partial charge >= 0.3 is 0 Å². The molecule has 0 radical (unpaired) electrons. The summed E-state index contributed by atoms with van der Waals surface area (Å²) >= 11 is 1.25. The number of nitrogens with one attached hydrogen (secondary N) is 1. The van der Waals surface area contributed by atoms with Gasteiger partial charge in [0.2, 0.25) is 5.91 Å². The Kier molecular flexibility index (Phi) is 4.38. The Bertz CT molecular complexity index is 650. The molecule has 1 aliphatic heterocycles. The highest BCUT2D eigenvalue weighted by molar-refractivity contribution is 8.15. The van der Waals surface area contributed by atoms with E-state index in [0.717, 1.165) is 0 Å². The van der Waals surface area contributed by atoms with Crippen LogP contribution in [0.2, 0.25) is 0 Å². The fraction of sp³-hybridized carbons (Fsp3) is 0.154. The van der Waals surface area contributed by atoms with Crippen LogP contribution in [-0.4, -0.2) is 30.2 Å². The van der Waals surface area contributed by atoms with Gasteiger partial charge in [0.1, 0.15) is 0 Å². The van der Waals surface area contributed by atoms with Crippen LogP contribution in [0.25, 0.3) is 0 Å². The lowest BCUT2D eigenvalue weighted by Crippen LogP contribution is -2.19. The van der Waals surface area contributed by atoms with Crippen molar-refractivity contribution >= 4 is 29.1 Å². The molecule has 0 unspecified atom stereocenters. The second kappa shape index (κ2) is 6.21. The van der Waals surface area contributed by atoms with Crippen LogP contribution in [0.15, 0.2) is 22.3 Å². The maximum atomic E-state index is 13.7. The van der Waals surface area contributed by atoms with Crippen LogP contribution in [0.3, 0.4) is 0 Å². The number of thioether (sulfide) groups is 1. The molecule has 0 aliphatic carbocycles. The van der Waals surface area contributed by atoms with E-state index in [9.17, 15) is 9.18 Å². The molecule has 1 aromatic rings. The third-order valence-corrected chi connectivity index (χ3v) is 3.23. The largest absolute Gasteiger partial charge is 0.492 e. The van der Waals surface area contributed by atoms with Crippen molar-refractivity contribution in [2.45, 2.75) is 0 Å². The standard InChI is InChI=1S/C13H10FN3O2S/c1-3-9-4-8(5-10(14)12(9)19-2)6-15-17-13-16-11(18)7-20-13/h1,4-6H,7H2,2H3,(H,16,17,18). The predicted octanol–water partition coefficient (Wildman–Crippen LogP) is 1.37. The average Bonchev–Trinajstić information content (AvgIpc) is 2.83. The summed E-state index contributed by atoms with van der Waals surface area (Å²) in [6, 6.07) is 2.80. The van der Waals surface area contributed by atoms with Gasteiger partial charge < -0.3 is 10.1 Å². The molecule has 0 atom stereocenters. The van der Waals surface area contributed by atoms with Gasteiger partial charge in [0.25, 0.3) is 0 Å². The van der Waals surface area contributed by atoms with Gasteiger partial charge in [-0.15, -0.1) is 11.5 Å². The first-order chi connectivity index (χ1) is 9.63. The Morgan fingerprint density at radius 1 is 1.60 bits per heavy atom. The fourth-order valence-corrected chi connectivity index (χ4v) is 2.16. The number of terminal acetylenes is 1. The van der Waals surface area contributed by atoms with E-state index in [1.54, 1.807) is 6.07 Å². The summed E-state index contributed by atoms with van der Waals surface area (Å²) < 4.78 is 18.6. The first-order valence-electron chi connectivity index (χ1n) is 5.52. The van der Waals surface area contributed by atoms with Gasteiger partial charge in [-0.3, -0.25) is 4.79 Å². The van der Waals surface area contributed by atoms with E-state index in [-0.39, 0.29) is 11.7 Å². The molecule has 7 heteroatoms. The molecule has 1 N–H and O–H groups in total. The van der Waals surface area contributed by atoms with Crippen LogP contribution in [0.1, 0.15) is 11.1 Å². The minimum absolute atomic E-state index is 0.0228. The summed E-state index contributed by atoms with van der Waals surface area (Å²) in [6.07, 6.45) is 6.64. The van der Waals surface area contributed by atoms with Crippen molar-refractivity contribution in [2.75, 3.05) is 12.9 Å². The summed E-state index contributed by atoms with van der Waals surface area (Å²) in [5.74, 6) is 2.00. The van der Waals surface area contributed by atoms with E-state index in [1.807, 2.05) is 0 Å². The molecule has 1 heterocycles. The first-order valence-corrected chi connectivity index (χ1v) is 6.50. The van der Waals surface area contributed by atoms with Crippen molar-refractivity contribution in [3.63, 3.8) is 0 Å². The molecule has 2 rings (SSSR count). The molecular weight excluding hydrogens is 281 g/mol. The van der Waals surface area contributed by atoms with Crippen LogP contribution in [0.4, 0.5) is 4.39 Å². The quantitative estimate of drug-likeness (QED) is 0.520. The van der Waals surface area contributed by atoms with Crippen molar-refractivity contribution in [1.82, 2.24) is 5.32 Å². The number of rotatable bonds is 3. The number of hydrogen-bond acceptors (Lipinski definition) is 5. The molecule has 5 nitrogen and oxygen atoms in total. The molecule has 1 fully saturated rings. The molecule has 0 bridgehead atoms. The topological polar surface area (TPSA) is 63.0 Å². The zero-order chi connectivity index (χ0) is 14.5. The van der Waals surface area contributed by atoms with Crippen LogP contribution in [0, 0.1) is 18.2 Å². The molecule has 102 valence electrons. The maximum Gasteiger partial charge on any atom is 0.236 e. The van der Waals surface area contributed by atoms with Gasteiger partial charge in [-0.1, -0.05) is 17.7 Å². The molecular formula is C13H10FN3O2S. The van der Waals surface area contributed by atoms with Gasteiger partial charge in [-0.25, -0.2) is 4.39 Å². The van der Waals surface area contributed by atoms with Gasteiger partial charge in [-0.05, 0) is 17.7 Å². The summed E-state index contributed by atoms with van der Waals surface area (Å²) in [5, 5.41) is 10.5. The molecule has 1 amide bonds. The summed E-state index contributed by atoms with van der Waals surface area (Å²) in [7, 11) is 1.35. The van der Waals surface area contributed by atoms with E-state index in [2.05, 4.69) is 21.4 Å². The third kappa shape index (κ3) is 3.16. The number of carbonyl (C=O) groups excluding carboxylic acids is 1. The lowest BCUT2D eigenvalue weighted by Gasteiger charge is -2.05. The molecule has 1 aliphatic rings. The Labute approximate surface area is 119 Å². The van der Waals surface area contributed by atoms with E-state index >= 15 is 0 Å². The molecule has 0 saturated carbocycles. The maximum absolute atomic E-state index is 13.7. The summed E-state index contributed by atoms with van der Waals surface area (Å²) in [6.45, 7) is 0. The van der Waals surface area contributed by atoms with E-state index in [1.165, 1.54) is 31.2 Å². The number of amides is 1. The Morgan fingerprint density at radius 2 is 2.40 bits per heavy atom. The van der Waals surface area contributed by atoms with E-state index in [4.69, 9.17) is 11.2 Å². The van der Waals surface area contributed by atoms with Gasteiger partial charge in [0.05, 0.1) is 24.6 Å². The average molecular weight is 291 g/mol. The number of amidine groups is 1. The monoisotopic (exact) mass is 291 g/mol. The zero-order valence-corrected chi connectivity index (χ0v) is 11.3. The Morgan fingerprint density at radius 3 is 3.00 bits per heavy atom. The molecule has 1 saturated heterocycles. The van der Waals surface area contributed by atoms with Crippen molar-refractivity contribution in [3.8, 4) is 18.1 Å². The van der Waals surface area contributed by atoms with Crippen molar-refractivity contribution in [1.29, 1.82) is 0 Å². The normalized spacial score (nSPS) is 16.4. The summed E-state index contributed by atoms with van der Waals surface area (Å²) in [4.78, 5) is 10.9. The van der Waals surface area contributed by atoms with Gasteiger partial charge in [-0.2, -0.15) is 5.10 Å². The van der Waals surface area contributed by atoms with Crippen molar-refractivity contribution < 1.29 is 13.9 Å². The predicted molar refractivity (Wildman–Crippen MR) is 76.5 cm³/mol. The number of ether oxygens (including phenoxy) is 1. The molecule has 0 spiro atoms. The highest BCUT2D eigenvalue weighted by Gasteiger charge is 2.16. The molecule has 20 heavy (non-hydrogen) atoms. The van der Waals surface area contributed by atoms with Crippen LogP contribution in [0.5, 0.6) is 5.75 Å². The number of halogens is 1. The fourth-order valence-electron chi connectivity index (χ4n) is 1.53. The number of nitrogens with zero attached hydrogens (tertiary/aromatic N) is 2. The Balaban J connectivity index is 2.20. The second-order valence-corrected chi connectivity index (χ2v) is 4.68. The minimum Gasteiger partial charge on any atom is -0.492 e. The highest BCUT2D eigenvalue weighted by atomic mass is 32.2. The third-order valence-electron chi connectivity index (χ3n) is 2.37. The van der Waals surface area contributed by atoms with Gasteiger partial charge in [0.15, 0.2) is 16.7 Å². The zero-order valence-electron chi connectivity index (χ0n) is 10.5. The first kappa shape index (κ1) is 14.1. The minimum atomic E-state index is -0.569. The Hall–Kier alpha value is -2.33. The van der Waals surface area contributed by atoms with E-state index in [0.29, 0.717) is 22.0 Å². The van der Waals surface area contributed by atoms with Crippen LogP contribution < -0.4 is 10.1 Å². The number of carbonyl (C=O) groups is 1. The molecule has 0 aromatic heterocycles.